The van der Waals surface area contributed by atoms with Gasteiger partial charge in [-0.2, -0.15) is 0 Å². The third-order valence-electron chi connectivity index (χ3n) is 5.97. The molecule has 0 radical (unpaired) electrons. The molecule has 8 heteroatoms. The minimum absolute atomic E-state index is 0.00744. The van der Waals surface area contributed by atoms with Gasteiger partial charge in [-0.15, -0.1) is 0 Å². The molecule has 3 heterocycles. The molecule has 0 unspecified atom stereocenters. The van der Waals surface area contributed by atoms with Crippen LogP contribution >= 0.6 is 0 Å². The summed E-state index contributed by atoms with van der Waals surface area (Å²) < 4.78 is 37.0. The minimum atomic E-state index is -3.23. The molecule has 7 nitrogen and oxygen atoms in total. The van der Waals surface area contributed by atoms with Gasteiger partial charge in [0.2, 0.25) is 10.0 Å². The molecule has 5 rings (SSSR count). The third kappa shape index (κ3) is 3.39. The van der Waals surface area contributed by atoms with Crippen LogP contribution in [0.3, 0.4) is 0 Å². The lowest BCUT2D eigenvalue weighted by atomic mass is 10.0. The highest BCUT2D eigenvalue weighted by Crippen LogP contribution is 2.38. The second kappa shape index (κ2) is 7.50. The van der Waals surface area contributed by atoms with Crippen LogP contribution in [0.5, 0.6) is 11.5 Å². The number of benzene rings is 2. The van der Waals surface area contributed by atoms with Crippen molar-refractivity contribution in [3.63, 3.8) is 0 Å². The van der Waals surface area contributed by atoms with Crippen LogP contribution < -0.4 is 13.8 Å². The number of hydrogen-bond donors (Lipinski definition) is 0. The van der Waals surface area contributed by atoms with E-state index in [9.17, 15) is 13.2 Å². The molecular weight excluding hydrogens is 404 g/mol. The quantitative estimate of drug-likeness (QED) is 0.751. The molecule has 2 aromatic carbocycles. The molecule has 0 N–H and O–H groups in total. The molecule has 3 aliphatic heterocycles. The summed E-state index contributed by atoms with van der Waals surface area (Å²) in [5.74, 6) is 1.62. The molecule has 2 fully saturated rings. The smallest absolute Gasteiger partial charge is 0.254 e. The van der Waals surface area contributed by atoms with Crippen LogP contribution in [0.2, 0.25) is 0 Å². The molecule has 0 aliphatic carbocycles. The van der Waals surface area contributed by atoms with Crippen LogP contribution in [-0.4, -0.2) is 51.3 Å². The highest BCUT2D eigenvalue weighted by molar-refractivity contribution is 7.93. The molecule has 3 aliphatic rings. The Hall–Kier alpha value is -2.74. The van der Waals surface area contributed by atoms with Gasteiger partial charge in [-0.3, -0.25) is 9.10 Å². The van der Waals surface area contributed by atoms with Crippen molar-refractivity contribution < 1.29 is 22.7 Å². The van der Waals surface area contributed by atoms with Crippen molar-refractivity contribution >= 4 is 21.6 Å². The summed E-state index contributed by atoms with van der Waals surface area (Å²) in [4.78, 5) is 15.1. The van der Waals surface area contributed by atoms with E-state index in [1.165, 1.54) is 4.31 Å². The van der Waals surface area contributed by atoms with Gasteiger partial charge in [-0.1, -0.05) is 6.07 Å². The highest BCUT2D eigenvalue weighted by atomic mass is 32.2. The summed E-state index contributed by atoms with van der Waals surface area (Å²) in [6, 6.07) is 12.8. The number of sulfonamides is 1. The van der Waals surface area contributed by atoms with Crippen molar-refractivity contribution in [3.05, 3.63) is 53.6 Å². The zero-order chi connectivity index (χ0) is 20.7. The van der Waals surface area contributed by atoms with Crippen LogP contribution in [0.1, 0.15) is 41.2 Å². The van der Waals surface area contributed by atoms with Crippen LogP contribution in [0.25, 0.3) is 0 Å². The fraction of sp³-hybridized carbons (Fsp3) is 0.409. The second-order valence-corrected chi connectivity index (χ2v) is 9.86. The van der Waals surface area contributed by atoms with Gasteiger partial charge < -0.3 is 14.4 Å². The van der Waals surface area contributed by atoms with E-state index < -0.39 is 10.0 Å². The van der Waals surface area contributed by atoms with Gasteiger partial charge in [0.25, 0.3) is 5.91 Å². The second-order valence-electron chi connectivity index (χ2n) is 7.85. The van der Waals surface area contributed by atoms with Gasteiger partial charge in [0, 0.05) is 18.7 Å². The lowest BCUT2D eigenvalue weighted by Crippen LogP contribution is -2.31. The van der Waals surface area contributed by atoms with E-state index >= 15 is 0 Å². The molecule has 1 amide bonds. The maximum Gasteiger partial charge on any atom is 0.254 e. The Kier molecular flexibility index (Phi) is 4.81. The van der Waals surface area contributed by atoms with Crippen LogP contribution in [-0.2, 0) is 10.0 Å². The topological polar surface area (TPSA) is 76.2 Å². The van der Waals surface area contributed by atoms with Gasteiger partial charge in [0.15, 0.2) is 11.5 Å². The molecule has 1 atom stereocenters. The summed E-state index contributed by atoms with van der Waals surface area (Å²) in [5.41, 5.74) is 2.23. The number of fused-ring (bicyclic) bond motifs is 1. The molecule has 30 heavy (non-hydrogen) atoms. The van der Waals surface area contributed by atoms with E-state index in [1.54, 1.807) is 24.3 Å². The lowest BCUT2D eigenvalue weighted by molar-refractivity contribution is 0.0735. The van der Waals surface area contributed by atoms with Crippen LogP contribution in [0.4, 0.5) is 5.69 Å². The van der Waals surface area contributed by atoms with Crippen molar-refractivity contribution in [3.8, 4) is 11.5 Å². The maximum absolute atomic E-state index is 13.2. The maximum atomic E-state index is 13.2. The first-order valence-corrected chi connectivity index (χ1v) is 11.9. The zero-order valence-electron chi connectivity index (χ0n) is 16.6. The molecule has 0 aromatic heterocycles. The number of amides is 1. The third-order valence-corrected chi connectivity index (χ3v) is 7.84. The minimum Gasteiger partial charge on any atom is -0.486 e. The Morgan fingerprint density at radius 2 is 1.70 bits per heavy atom. The van der Waals surface area contributed by atoms with Crippen LogP contribution in [0.15, 0.2) is 42.5 Å². The van der Waals surface area contributed by atoms with Gasteiger partial charge in [0.1, 0.15) is 13.2 Å². The Morgan fingerprint density at radius 3 is 2.43 bits per heavy atom. The molecule has 158 valence electrons. The molecule has 2 saturated heterocycles. The Morgan fingerprint density at radius 1 is 0.933 bits per heavy atom. The first-order chi connectivity index (χ1) is 14.5. The van der Waals surface area contributed by atoms with Crippen LogP contribution in [0, 0.1) is 0 Å². The lowest BCUT2D eigenvalue weighted by Gasteiger charge is -2.27. The molecule has 0 bridgehead atoms. The van der Waals surface area contributed by atoms with E-state index in [0.29, 0.717) is 44.0 Å². The summed E-state index contributed by atoms with van der Waals surface area (Å²) in [5, 5.41) is 0. The molecule has 0 spiro atoms. The monoisotopic (exact) mass is 428 g/mol. The number of rotatable bonds is 3. The average Bonchev–Trinajstić information content (AvgIpc) is 3.39. The first kappa shape index (κ1) is 19.2. The van der Waals surface area contributed by atoms with Gasteiger partial charge >= 0.3 is 0 Å². The van der Waals surface area contributed by atoms with Gasteiger partial charge in [-0.25, -0.2) is 8.42 Å². The fourth-order valence-corrected chi connectivity index (χ4v) is 6.05. The van der Waals surface area contributed by atoms with Crippen molar-refractivity contribution in [1.29, 1.82) is 0 Å². The largest absolute Gasteiger partial charge is 0.486 e. The number of likely N-dealkylation sites (tertiary alicyclic amines) is 1. The SMILES string of the molecule is O=C(c1ccc(N2CCCS2(=O)=O)cc1)N1CCC[C@H]1c1ccc2c(c1)OCCO2. The van der Waals surface area contributed by atoms with Gasteiger partial charge in [0.05, 0.1) is 17.5 Å². The summed E-state index contributed by atoms with van der Waals surface area (Å²) in [7, 11) is -3.23. The standard InChI is InChI=1S/C22H24N2O5S/c25-22(16-4-7-18(8-5-16)24-11-2-14-30(24,26)27)23-10-1-3-19(23)17-6-9-20-21(15-17)29-13-12-28-20/h4-9,15,19H,1-3,10-14H2/t19-/m0/s1. The average molecular weight is 429 g/mol. The zero-order valence-corrected chi connectivity index (χ0v) is 17.4. The summed E-state index contributed by atoms with van der Waals surface area (Å²) in [6.45, 7) is 2.27. The number of anilines is 1. The van der Waals surface area contributed by atoms with E-state index in [1.807, 2.05) is 23.1 Å². The van der Waals surface area contributed by atoms with Crippen molar-refractivity contribution in [2.45, 2.75) is 25.3 Å². The van der Waals surface area contributed by atoms with E-state index in [0.717, 1.165) is 29.9 Å². The van der Waals surface area contributed by atoms with Crippen molar-refractivity contribution in [2.24, 2.45) is 0 Å². The summed E-state index contributed by atoms with van der Waals surface area (Å²) in [6.07, 6.45) is 2.47. The number of nitrogens with zero attached hydrogens (tertiary/aromatic N) is 2. The number of ether oxygens (including phenoxy) is 2. The van der Waals surface area contributed by atoms with E-state index in [4.69, 9.17) is 9.47 Å². The Labute approximate surface area is 176 Å². The molecular formula is C22H24N2O5S. The Bertz CT molecular complexity index is 1070. The van der Waals surface area contributed by atoms with Crippen molar-refractivity contribution in [2.75, 3.05) is 36.4 Å². The number of carbonyl (C=O) groups excluding carboxylic acids is 1. The highest BCUT2D eigenvalue weighted by Gasteiger charge is 2.32. The van der Waals surface area contributed by atoms with E-state index in [2.05, 4.69) is 0 Å². The summed E-state index contributed by atoms with van der Waals surface area (Å²) >= 11 is 0. The van der Waals surface area contributed by atoms with Gasteiger partial charge in [-0.05, 0) is 61.2 Å². The molecule has 0 saturated carbocycles. The Balaban J connectivity index is 1.36. The predicted molar refractivity (Wildman–Crippen MR) is 113 cm³/mol. The van der Waals surface area contributed by atoms with E-state index in [-0.39, 0.29) is 17.7 Å². The number of carbonyl (C=O) groups is 1. The molecule has 2 aromatic rings. The number of hydrogen-bond acceptors (Lipinski definition) is 5. The fourth-order valence-electron chi connectivity index (χ4n) is 4.49. The predicted octanol–water partition coefficient (Wildman–Crippen LogP) is 2.98. The van der Waals surface area contributed by atoms with Crippen molar-refractivity contribution in [1.82, 2.24) is 4.90 Å². The normalized spacial score (nSPS) is 22.3. The first-order valence-electron chi connectivity index (χ1n) is 10.3.